The van der Waals surface area contributed by atoms with Crippen LogP contribution in [-0.4, -0.2) is 32.4 Å². The van der Waals surface area contributed by atoms with Crippen LogP contribution in [-0.2, 0) is 13.0 Å². The maximum atomic E-state index is 12.6. The Bertz CT molecular complexity index is 848. The van der Waals surface area contributed by atoms with Gasteiger partial charge in [-0.25, -0.2) is 9.97 Å². The van der Waals surface area contributed by atoms with E-state index in [9.17, 15) is 4.79 Å². The van der Waals surface area contributed by atoms with Gasteiger partial charge >= 0.3 is 0 Å². The molecule has 0 atom stereocenters. The summed E-state index contributed by atoms with van der Waals surface area (Å²) >= 11 is 6.10. The first-order valence-corrected chi connectivity index (χ1v) is 9.25. The molecule has 1 N–H and O–H groups in total. The number of amides is 1. The number of anilines is 1. The van der Waals surface area contributed by atoms with E-state index in [1.807, 2.05) is 13.8 Å². The van der Waals surface area contributed by atoms with Crippen LogP contribution in [0, 0.1) is 6.92 Å². The van der Waals surface area contributed by atoms with E-state index in [0.29, 0.717) is 18.1 Å². The van der Waals surface area contributed by atoms with Gasteiger partial charge in [-0.1, -0.05) is 29.8 Å². The van der Waals surface area contributed by atoms with E-state index in [0.717, 1.165) is 12.0 Å². The molecule has 2 heterocycles. The van der Waals surface area contributed by atoms with Crippen molar-refractivity contribution in [2.75, 3.05) is 5.32 Å². The average molecular weight is 373 g/mol. The SMILES string of the molecule is Cc1cccc(CC(C)(C)Nc2nc(Cl)nc3c2CN(C(C)C)C3=O)c1. The second-order valence-electron chi connectivity index (χ2n) is 7.87. The molecular weight excluding hydrogens is 348 g/mol. The molecule has 1 amide bonds. The number of benzene rings is 1. The summed E-state index contributed by atoms with van der Waals surface area (Å²) in [5.74, 6) is 0.563. The number of hydrogen-bond acceptors (Lipinski definition) is 4. The van der Waals surface area contributed by atoms with Crippen molar-refractivity contribution in [3.05, 3.63) is 51.9 Å². The minimum Gasteiger partial charge on any atom is -0.364 e. The zero-order valence-electron chi connectivity index (χ0n) is 15.9. The van der Waals surface area contributed by atoms with Crippen LogP contribution in [0.15, 0.2) is 24.3 Å². The van der Waals surface area contributed by atoms with Crippen molar-refractivity contribution in [3.8, 4) is 0 Å². The maximum absolute atomic E-state index is 12.6. The minimum atomic E-state index is -0.256. The molecular formula is C20H25ClN4O. The van der Waals surface area contributed by atoms with Crippen LogP contribution in [0.5, 0.6) is 0 Å². The smallest absolute Gasteiger partial charge is 0.273 e. The van der Waals surface area contributed by atoms with Crippen LogP contribution in [0.1, 0.15) is 54.9 Å². The molecule has 0 aliphatic carbocycles. The second kappa shape index (κ2) is 6.88. The predicted molar refractivity (Wildman–Crippen MR) is 105 cm³/mol. The van der Waals surface area contributed by atoms with Gasteiger partial charge in [0, 0.05) is 17.1 Å². The van der Waals surface area contributed by atoms with Crippen molar-refractivity contribution >= 4 is 23.3 Å². The van der Waals surface area contributed by atoms with Crippen molar-refractivity contribution in [1.29, 1.82) is 0 Å². The van der Waals surface area contributed by atoms with Gasteiger partial charge in [-0.05, 0) is 58.2 Å². The molecule has 0 saturated carbocycles. The summed E-state index contributed by atoms with van der Waals surface area (Å²) in [6, 6.07) is 8.57. The molecule has 1 aromatic carbocycles. The van der Waals surface area contributed by atoms with Gasteiger partial charge in [0.05, 0.1) is 6.54 Å². The van der Waals surface area contributed by atoms with Crippen LogP contribution < -0.4 is 5.32 Å². The molecule has 1 aliphatic heterocycles. The lowest BCUT2D eigenvalue weighted by atomic mass is 9.94. The molecule has 0 fully saturated rings. The zero-order chi connectivity index (χ0) is 19.1. The Morgan fingerprint density at radius 2 is 2.04 bits per heavy atom. The minimum absolute atomic E-state index is 0.0844. The Morgan fingerprint density at radius 1 is 1.31 bits per heavy atom. The van der Waals surface area contributed by atoms with Gasteiger partial charge in [0.1, 0.15) is 11.5 Å². The number of nitrogens with zero attached hydrogens (tertiary/aromatic N) is 3. The third-order valence-electron chi connectivity index (χ3n) is 4.58. The third kappa shape index (κ3) is 3.83. The Hall–Kier alpha value is -2.14. The Morgan fingerprint density at radius 3 is 2.69 bits per heavy atom. The van der Waals surface area contributed by atoms with E-state index >= 15 is 0 Å². The van der Waals surface area contributed by atoms with E-state index in [1.165, 1.54) is 11.1 Å². The van der Waals surface area contributed by atoms with Crippen molar-refractivity contribution in [2.45, 2.75) is 59.2 Å². The summed E-state index contributed by atoms with van der Waals surface area (Å²) < 4.78 is 0. The number of hydrogen-bond donors (Lipinski definition) is 1. The molecule has 0 bridgehead atoms. The van der Waals surface area contributed by atoms with Crippen LogP contribution in [0.2, 0.25) is 5.28 Å². The summed E-state index contributed by atoms with van der Waals surface area (Å²) in [4.78, 5) is 22.9. The van der Waals surface area contributed by atoms with Crippen molar-refractivity contribution in [2.24, 2.45) is 0 Å². The number of aryl methyl sites for hydroxylation is 1. The molecule has 5 nitrogen and oxygen atoms in total. The fraction of sp³-hybridized carbons (Fsp3) is 0.450. The van der Waals surface area contributed by atoms with Crippen LogP contribution in [0.3, 0.4) is 0 Å². The van der Waals surface area contributed by atoms with E-state index < -0.39 is 0 Å². The van der Waals surface area contributed by atoms with Gasteiger partial charge < -0.3 is 10.2 Å². The largest absolute Gasteiger partial charge is 0.364 e. The van der Waals surface area contributed by atoms with Gasteiger partial charge in [-0.3, -0.25) is 4.79 Å². The van der Waals surface area contributed by atoms with Crippen LogP contribution in [0.25, 0.3) is 0 Å². The molecule has 0 unspecified atom stereocenters. The predicted octanol–water partition coefficient (Wildman–Crippen LogP) is 4.24. The Balaban J connectivity index is 1.89. The Labute approximate surface area is 159 Å². The summed E-state index contributed by atoms with van der Waals surface area (Å²) in [7, 11) is 0. The first kappa shape index (κ1) is 18.6. The highest BCUT2D eigenvalue weighted by molar-refractivity contribution is 6.28. The maximum Gasteiger partial charge on any atom is 0.273 e. The number of fused-ring (bicyclic) bond motifs is 1. The number of carbonyl (C=O) groups excluding carboxylic acids is 1. The number of halogens is 1. The highest BCUT2D eigenvalue weighted by Gasteiger charge is 2.35. The number of carbonyl (C=O) groups is 1. The standard InChI is InChI=1S/C20H25ClN4O/c1-12(2)25-11-15-16(18(25)26)22-19(21)23-17(15)24-20(4,5)10-14-8-6-7-13(3)9-14/h6-9,12H,10-11H2,1-5H3,(H,22,23,24). The van der Waals surface area contributed by atoms with Crippen molar-refractivity contribution < 1.29 is 4.79 Å². The normalized spacial score (nSPS) is 14.1. The Kier molecular flexibility index (Phi) is 4.93. The lowest BCUT2D eigenvalue weighted by Crippen LogP contribution is -2.34. The molecule has 138 valence electrons. The highest BCUT2D eigenvalue weighted by atomic mass is 35.5. The fourth-order valence-corrected chi connectivity index (χ4v) is 3.55. The van der Waals surface area contributed by atoms with Gasteiger partial charge in [-0.15, -0.1) is 0 Å². The topological polar surface area (TPSA) is 58.1 Å². The number of nitrogens with one attached hydrogen (secondary N) is 1. The highest BCUT2D eigenvalue weighted by Crippen LogP contribution is 2.31. The molecule has 1 aliphatic rings. The molecule has 2 aromatic rings. The van der Waals surface area contributed by atoms with Crippen molar-refractivity contribution in [3.63, 3.8) is 0 Å². The van der Waals surface area contributed by atoms with Gasteiger partial charge in [0.2, 0.25) is 5.28 Å². The molecule has 3 rings (SSSR count). The van der Waals surface area contributed by atoms with Gasteiger partial charge in [0.15, 0.2) is 0 Å². The zero-order valence-corrected chi connectivity index (χ0v) is 16.7. The van der Waals surface area contributed by atoms with Crippen LogP contribution in [0.4, 0.5) is 5.82 Å². The lowest BCUT2D eigenvalue weighted by Gasteiger charge is -2.28. The van der Waals surface area contributed by atoms with Crippen molar-refractivity contribution in [1.82, 2.24) is 14.9 Å². The van der Waals surface area contributed by atoms with Gasteiger partial charge in [-0.2, -0.15) is 0 Å². The second-order valence-corrected chi connectivity index (χ2v) is 8.21. The molecule has 0 spiro atoms. The molecule has 0 radical (unpaired) electrons. The van der Waals surface area contributed by atoms with Crippen LogP contribution >= 0.6 is 11.6 Å². The van der Waals surface area contributed by atoms with E-state index in [-0.39, 0.29) is 22.8 Å². The molecule has 0 saturated heterocycles. The van der Waals surface area contributed by atoms with E-state index in [4.69, 9.17) is 11.6 Å². The van der Waals surface area contributed by atoms with E-state index in [2.05, 4.69) is 60.3 Å². The summed E-state index contributed by atoms with van der Waals surface area (Å²) in [6.45, 7) is 10.8. The van der Waals surface area contributed by atoms with E-state index in [1.54, 1.807) is 4.90 Å². The number of aromatic nitrogens is 2. The molecule has 1 aromatic heterocycles. The summed E-state index contributed by atoms with van der Waals surface area (Å²) in [5.41, 5.74) is 3.47. The lowest BCUT2D eigenvalue weighted by molar-refractivity contribution is 0.0726. The quantitative estimate of drug-likeness (QED) is 0.797. The first-order valence-electron chi connectivity index (χ1n) is 8.87. The summed E-state index contributed by atoms with van der Waals surface area (Å²) in [6.07, 6.45) is 0.826. The average Bonchev–Trinajstić information content (AvgIpc) is 2.84. The number of rotatable bonds is 5. The van der Waals surface area contributed by atoms with Gasteiger partial charge in [0.25, 0.3) is 5.91 Å². The molecule has 6 heteroatoms. The molecule has 26 heavy (non-hydrogen) atoms. The fourth-order valence-electron chi connectivity index (χ4n) is 3.38. The summed E-state index contributed by atoms with van der Waals surface area (Å²) in [5, 5.41) is 3.59. The first-order chi connectivity index (χ1) is 12.2. The monoisotopic (exact) mass is 372 g/mol. The third-order valence-corrected chi connectivity index (χ3v) is 4.75.